The second-order valence-electron chi connectivity index (χ2n) is 12.0. The Kier molecular flexibility index (Phi) is 6.97. The number of nitrogens with zero attached hydrogens (tertiary/aromatic N) is 1. The molecule has 3 fully saturated rings. The van der Waals surface area contributed by atoms with Crippen LogP contribution in [0, 0.1) is 37.5 Å². The van der Waals surface area contributed by atoms with E-state index in [1.165, 1.54) is 31.9 Å². The zero-order valence-electron chi connectivity index (χ0n) is 22.3. The van der Waals surface area contributed by atoms with Gasteiger partial charge in [-0.25, -0.2) is 0 Å². The first-order valence-corrected chi connectivity index (χ1v) is 13.7. The van der Waals surface area contributed by atoms with Crippen LogP contribution in [0.3, 0.4) is 0 Å². The molecule has 1 amide bonds. The van der Waals surface area contributed by atoms with Crippen LogP contribution >= 0.6 is 0 Å². The quantitative estimate of drug-likeness (QED) is 0.418. The number of benzene rings is 1. The fourth-order valence-electron chi connectivity index (χ4n) is 6.64. The van der Waals surface area contributed by atoms with Crippen LogP contribution in [0.5, 0.6) is 0 Å². The van der Waals surface area contributed by atoms with Crippen molar-refractivity contribution in [2.75, 3.05) is 12.4 Å². The van der Waals surface area contributed by atoms with Gasteiger partial charge in [0.05, 0.1) is 18.7 Å². The van der Waals surface area contributed by atoms with Crippen LogP contribution in [0.25, 0.3) is 0 Å². The van der Waals surface area contributed by atoms with E-state index >= 15 is 0 Å². The van der Waals surface area contributed by atoms with Crippen LogP contribution in [0.15, 0.2) is 22.7 Å². The number of aromatic nitrogens is 1. The van der Waals surface area contributed by atoms with Crippen LogP contribution in [-0.4, -0.2) is 24.1 Å². The van der Waals surface area contributed by atoms with Crippen LogP contribution in [0.2, 0.25) is 0 Å². The minimum absolute atomic E-state index is 0.0507. The summed E-state index contributed by atoms with van der Waals surface area (Å²) in [6, 6.07) is 6.03. The highest BCUT2D eigenvalue weighted by Gasteiger charge is 2.48. The van der Waals surface area contributed by atoms with Crippen molar-refractivity contribution in [1.29, 1.82) is 0 Å². The molecule has 3 saturated carbocycles. The predicted molar refractivity (Wildman–Crippen MR) is 139 cm³/mol. The molecule has 0 aliphatic heterocycles. The van der Waals surface area contributed by atoms with Crippen molar-refractivity contribution < 1.29 is 18.8 Å². The zero-order valence-corrected chi connectivity index (χ0v) is 22.3. The van der Waals surface area contributed by atoms with Gasteiger partial charge < -0.3 is 14.6 Å². The SMILES string of the molecule is COC(=O)[C@@H]1C[C@@H](C(=O)Nc2ccc(C)cc2C)[C@H](c2noc(C3CC(CC(C)C)C3)c2C2CC2)C1. The highest BCUT2D eigenvalue weighted by Crippen LogP contribution is 2.55. The standard InChI is InChI=1S/C30H40N2O4/c1-16(2)10-19-12-21(13-19)28-26(20-7-8-20)27(32-36-28)23-14-22(30(34)35-5)15-24(23)29(33)31-25-9-6-17(3)11-18(25)4/h6,9,11,16,19-24H,7-8,10,12-15H2,1-5H3,(H,31,33)/t19?,21?,22-,23+,24+/m0/s1. The van der Waals surface area contributed by atoms with Gasteiger partial charge >= 0.3 is 5.97 Å². The molecule has 0 spiro atoms. The third kappa shape index (κ3) is 4.96. The Morgan fingerprint density at radius 2 is 1.86 bits per heavy atom. The molecule has 1 heterocycles. The number of amides is 1. The topological polar surface area (TPSA) is 81.4 Å². The molecule has 36 heavy (non-hydrogen) atoms. The summed E-state index contributed by atoms with van der Waals surface area (Å²) < 4.78 is 11.2. The molecule has 3 aliphatic carbocycles. The van der Waals surface area contributed by atoms with E-state index in [0.29, 0.717) is 30.6 Å². The van der Waals surface area contributed by atoms with Gasteiger partial charge in [-0.3, -0.25) is 9.59 Å². The normalized spacial score (nSPS) is 27.7. The van der Waals surface area contributed by atoms with Crippen molar-refractivity contribution >= 4 is 17.6 Å². The van der Waals surface area contributed by atoms with Gasteiger partial charge in [-0.2, -0.15) is 0 Å². The van der Waals surface area contributed by atoms with E-state index in [9.17, 15) is 9.59 Å². The number of aryl methyl sites for hydroxylation is 2. The molecule has 6 heteroatoms. The minimum Gasteiger partial charge on any atom is -0.469 e. The molecule has 0 bridgehead atoms. The summed E-state index contributed by atoms with van der Waals surface area (Å²) in [6.45, 7) is 8.63. The van der Waals surface area contributed by atoms with E-state index in [0.717, 1.165) is 47.0 Å². The van der Waals surface area contributed by atoms with E-state index in [4.69, 9.17) is 9.26 Å². The summed E-state index contributed by atoms with van der Waals surface area (Å²) in [7, 11) is 1.43. The number of rotatable bonds is 8. The largest absolute Gasteiger partial charge is 0.469 e. The van der Waals surface area contributed by atoms with Crippen molar-refractivity contribution in [2.24, 2.45) is 23.7 Å². The minimum atomic E-state index is -0.347. The Hall–Kier alpha value is -2.63. The predicted octanol–water partition coefficient (Wildman–Crippen LogP) is 6.63. The first kappa shape index (κ1) is 25.0. The van der Waals surface area contributed by atoms with Gasteiger partial charge in [0.2, 0.25) is 5.91 Å². The molecule has 3 aliphatic rings. The fraction of sp³-hybridized carbons (Fsp3) is 0.633. The summed E-state index contributed by atoms with van der Waals surface area (Å²) in [6.07, 6.45) is 6.94. The van der Waals surface area contributed by atoms with Crippen molar-refractivity contribution in [1.82, 2.24) is 5.16 Å². The maximum atomic E-state index is 13.6. The molecule has 2 aromatic rings. The average molecular weight is 493 g/mol. The lowest BCUT2D eigenvalue weighted by Crippen LogP contribution is -2.26. The number of methoxy groups -OCH3 is 1. The van der Waals surface area contributed by atoms with Crippen LogP contribution < -0.4 is 5.32 Å². The maximum Gasteiger partial charge on any atom is 0.308 e. The summed E-state index contributed by atoms with van der Waals surface area (Å²) in [5.41, 5.74) is 5.19. The van der Waals surface area contributed by atoms with E-state index in [2.05, 4.69) is 30.4 Å². The molecule has 1 aromatic carbocycles. The number of hydrogen-bond donors (Lipinski definition) is 1. The van der Waals surface area contributed by atoms with Crippen molar-refractivity contribution in [3.63, 3.8) is 0 Å². The number of carbonyl (C=O) groups excluding carboxylic acids is 2. The lowest BCUT2D eigenvalue weighted by molar-refractivity contribution is -0.145. The van der Waals surface area contributed by atoms with Crippen LogP contribution in [-0.2, 0) is 14.3 Å². The Morgan fingerprint density at radius 3 is 2.50 bits per heavy atom. The number of hydrogen-bond acceptors (Lipinski definition) is 5. The van der Waals surface area contributed by atoms with E-state index < -0.39 is 0 Å². The van der Waals surface area contributed by atoms with Gasteiger partial charge in [-0.1, -0.05) is 36.7 Å². The first-order chi connectivity index (χ1) is 17.2. The van der Waals surface area contributed by atoms with E-state index in [1.54, 1.807) is 0 Å². The summed E-state index contributed by atoms with van der Waals surface area (Å²) in [5.74, 6) is 2.37. The maximum absolute atomic E-state index is 13.6. The molecule has 1 N–H and O–H groups in total. The fourth-order valence-corrected chi connectivity index (χ4v) is 6.64. The third-order valence-corrected chi connectivity index (χ3v) is 8.61. The lowest BCUT2D eigenvalue weighted by atomic mass is 9.69. The van der Waals surface area contributed by atoms with Gasteiger partial charge in [-0.15, -0.1) is 0 Å². The van der Waals surface area contributed by atoms with Gasteiger partial charge in [0.1, 0.15) is 5.76 Å². The molecule has 5 rings (SSSR count). The Bertz CT molecular complexity index is 1130. The highest BCUT2D eigenvalue weighted by molar-refractivity contribution is 5.94. The second-order valence-corrected chi connectivity index (χ2v) is 12.0. The Balaban J connectivity index is 1.41. The van der Waals surface area contributed by atoms with Crippen LogP contribution in [0.1, 0.15) is 105 Å². The first-order valence-electron chi connectivity index (χ1n) is 13.7. The molecule has 0 radical (unpaired) electrons. The highest BCUT2D eigenvalue weighted by atomic mass is 16.5. The third-order valence-electron chi connectivity index (χ3n) is 8.61. The average Bonchev–Trinajstić information content (AvgIpc) is 3.40. The second kappa shape index (κ2) is 10.0. The molecule has 0 saturated heterocycles. The summed E-state index contributed by atoms with van der Waals surface area (Å²) in [5, 5.41) is 7.78. The monoisotopic (exact) mass is 492 g/mol. The zero-order chi connectivity index (χ0) is 25.6. The molecular weight excluding hydrogens is 452 g/mol. The molecule has 3 atom stereocenters. The molecular formula is C30H40N2O4. The van der Waals surface area contributed by atoms with E-state index in [-0.39, 0.29) is 29.6 Å². The van der Waals surface area contributed by atoms with Gasteiger partial charge in [-0.05, 0) is 88.2 Å². The molecule has 1 aromatic heterocycles. The summed E-state index contributed by atoms with van der Waals surface area (Å²) >= 11 is 0. The van der Waals surface area contributed by atoms with E-state index in [1.807, 2.05) is 26.0 Å². The number of ether oxygens (including phenoxy) is 1. The van der Waals surface area contributed by atoms with Crippen molar-refractivity contribution in [3.8, 4) is 0 Å². The summed E-state index contributed by atoms with van der Waals surface area (Å²) in [4.78, 5) is 26.2. The van der Waals surface area contributed by atoms with Gasteiger partial charge in [0.15, 0.2) is 0 Å². The Labute approximate surface area is 214 Å². The van der Waals surface area contributed by atoms with Gasteiger partial charge in [0, 0.05) is 29.0 Å². The number of carbonyl (C=O) groups is 2. The number of esters is 1. The molecule has 194 valence electrons. The number of anilines is 1. The van der Waals surface area contributed by atoms with Crippen LogP contribution in [0.4, 0.5) is 5.69 Å². The number of nitrogens with one attached hydrogen (secondary N) is 1. The van der Waals surface area contributed by atoms with Crippen molar-refractivity contribution in [2.45, 2.75) is 90.4 Å². The Morgan fingerprint density at radius 1 is 1.11 bits per heavy atom. The molecule has 6 nitrogen and oxygen atoms in total. The smallest absolute Gasteiger partial charge is 0.308 e. The van der Waals surface area contributed by atoms with Gasteiger partial charge in [0.25, 0.3) is 0 Å². The van der Waals surface area contributed by atoms with Crippen molar-refractivity contribution in [3.05, 3.63) is 46.3 Å². The lowest BCUT2D eigenvalue weighted by Gasteiger charge is -2.35. The molecule has 0 unspecified atom stereocenters.